The van der Waals surface area contributed by atoms with E-state index >= 15 is 0 Å². The minimum atomic E-state index is -0.904. The number of nitrogens with zero attached hydrogens (tertiary/aromatic N) is 1. The second kappa shape index (κ2) is 10.7. The molecule has 35 heavy (non-hydrogen) atoms. The number of phenols is 1. The van der Waals surface area contributed by atoms with E-state index in [9.17, 15) is 19.8 Å². The number of benzene rings is 3. The zero-order valence-electron chi connectivity index (χ0n) is 19.3. The Morgan fingerprint density at radius 2 is 1.71 bits per heavy atom. The van der Waals surface area contributed by atoms with Gasteiger partial charge in [0.25, 0.3) is 11.7 Å². The molecular formula is C28H26ClNO5. The lowest BCUT2D eigenvalue weighted by Crippen LogP contribution is -2.29. The zero-order valence-corrected chi connectivity index (χ0v) is 20.0. The summed E-state index contributed by atoms with van der Waals surface area (Å²) in [5.41, 5.74) is 1.32. The first-order valence-corrected chi connectivity index (χ1v) is 11.9. The number of anilines is 1. The third-order valence-electron chi connectivity index (χ3n) is 5.88. The number of aliphatic hydroxyl groups is 1. The highest BCUT2D eigenvalue weighted by molar-refractivity contribution is 6.51. The summed E-state index contributed by atoms with van der Waals surface area (Å²) < 4.78 is 5.73. The average molecular weight is 492 g/mol. The van der Waals surface area contributed by atoms with Gasteiger partial charge in [0.2, 0.25) is 0 Å². The number of rotatable bonds is 8. The van der Waals surface area contributed by atoms with Crippen LogP contribution >= 0.6 is 11.6 Å². The molecule has 7 heteroatoms. The Balaban J connectivity index is 1.75. The van der Waals surface area contributed by atoms with E-state index in [0.29, 0.717) is 34.2 Å². The maximum absolute atomic E-state index is 13.2. The van der Waals surface area contributed by atoms with Crippen LogP contribution in [0.4, 0.5) is 5.69 Å². The van der Waals surface area contributed by atoms with Crippen molar-refractivity contribution in [2.24, 2.45) is 0 Å². The highest BCUT2D eigenvalue weighted by atomic mass is 35.5. The van der Waals surface area contributed by atoms with Crippen LogP contribution in [0, 0.1) is 0 Å². The number of unbranched alkanes of at least 4 members (excludes halogenated alkanes) is 2. The lowest BCUT2D eigenvalue weighted by molar-refractivity contribution is -0.132. The molecule has 1 amide bonds. The minimum Gasteiger partial charge on any atom is -0.508 e. The van der Waals surface area contributed by atoms with E-state index in [1.165, 1.54) is 17.0 Å². The van der Waals surface area contributed by atoms with Crippen molar-refractivity contribution in [1.82, 2.24) is 0 Å². The number of halogens is 1. The first-order valence-electron chi connectivity index (χ1n) is 11.5. The molecule has 180 valence electrons. The number of Topliss-reactive ketones (excluding diaryl/α,β-unsaturated/α-hetero) is 1. The summed E-state index contributed by atoms with van der Waals surface area (Å²) in [5.74, 6) is -1.17. The first-order chi connectivity index (χ1) is 16.9. The van der Waals surface area contributed by atoms with Gasteiger partial charge < -0.3 is 14.9 Å². The molecule has 3 aromatic carbocycles. The van der Waals surface area contributed by atoms with Gasteiger partial charge in [-0.3, -0.25) is 14.5 Å². The van der Waals surface area contributed by atoms with E-state index in [2.05, 4.69) is 6.92 Å². The molecule has 1 fully saturated rings. The van der Waals surface area contributed by atoms with Crippen LogP contribution in [-0.4, -0.2) is 28.5 Å². The smallest absolute Gasteiger partial charge is 0.300 e. The summed E-state index contributed by atoms with van der Waals surface area (Å²) in [6.45, 7) is 2.73. The third-order valence-corrected chi connectivity index (χ3v) is 6.12. The number of carbonyl (C=O) groups excluding carboxylic acids is 2. The number of phenolic OH excluding ortho intramolecular Hbond substituents is 1. The molecule has 2 N–H and O–H groups in total. The lowest BCUT2D eigenvalue weighted by Gasteiger charge is -2.25. The second-order valence-electron chi connectivity index (χ2n) is 8.32. The van der Waals surface area contributed by atoms with Crippen molar-refractivity contribution in [1.29, 1.82) is 0 Å². The van der Waals surface area contributed by atoms with E-state index in [4.69, 9.17) is 16.3 Å². The molecule has 1 saturated heterocycles. The van der Waals surface area contributed by atoms with Crippen molar-refractivity contribution < 1.29 is 24.5 Å². The molecule has 0 bridgehead atoms. The summed E-state index contributed by atoms with van der Waals surface area (Å²) in [7, 11) is 0. The fraction of sp³-hybridized carbons (Fsp3) is 0.214. The number of ether oxygens (including phenoxy) is 1. The van der Waals surface area contributed by atoms with E-state index < -0.39 is 17.7 Å². The van der Waals surface area contributed by atoms with Gasteiger partial charge in [-0.2, -0.15) is 0 Å². The fourth-order valence-corrected chi connectivity index (χ4v) is 4.29. The van der Waals surface area contributed by atoms with Crippen LogP contribution in [0.5, 0.6) is 11.5 Å². The molecule has 0 spiro atoms. The monoisotopic (exact) mass is 491 g/mol. The van der Waals surface area contributed by atoms with Gasteiger partial charge in [-0.05, 0) is 66.6 Å². The van der Waals surface area contributed by atoms with Gasteiger partial charge in [0.1, 0.15) is 17.3 Å². The van der Waals surface area contributed by atoms with Crippen molar-refractivity contribution >= 4 is 34.7 Å². The van der Waals surface area contributed by atoms with Gasteiger partial charge in [-0.1, -0.05) is 49.6 Å². The highest BCUT2D eigenvalue weighted by Gasteiger charge is 2.47. The molecule has 3 aromatic rings. The van der Waals surface area contributed by atoms with Gasteiger partial charge in [-0.25, -0.2) is 0 Å². The molecule has 0 aromatic heterocycles. The molecule has 4 rings (SSSR count). The summed E-state index contributed by atoms with van der Waals surface area (Å²) in [6.07, 6.45) is 3.14. The van der Waals surface area contributed by atoms with E-state index in [1.807, 2.05) is 0 Å². The summed E-state index contributed by atoms with van der Waals surface area (Å²) in [5, 5.41) is 21.4. The summed E-state index contributed by atoms with van der Waals surface area (Å²) >= 11 is 6.16. The Bertz CT molecular complexity index is 1250. The molecular weight excluding hydrogens is 466 g/mol. The summed E-state index contributed by atoms with van der Waals surface area (Å²) in [6, 6.07) is 18.7. The van der Waals surface area contributed by atoms with Crippen LogP contribution in [0.1, 0.15) is 43.4 Å². The predicted octanol–water partition coefficient (Wildman–Crippen LogP) is 6.24. The molecule has 1 unspecified atom stereocenters. The van der Waals surface area contributed by atoms with Gasteiger partial charge in [0, 0.05) is 16.3 Å². The predicted molar refractivity (Wildman–Crippen MR) is 136 cm³/mol. The van der Waals surface area contributed by atoms with Gasteiger partial charge in [0.15, 0.2) is 0 Å². The number of aromatic hydroxyl groups is 1. The SMILES string of the molecule is CCCCCOc1ccc(/C(O)=C2\C(=O)C(=O)N(c3cccc(Cl)c3)C2c2ccc(O)cc2)cc1. The van der Waals surface area contributed by atoms with Crippen LogP contribution in [0.3, 0.4) is 0 Å². The lowest BCUT2D eigenvalue weighted by atomic mass is 9.95. The molecule has 0 saturated carbocycles. The van der Waals surface area contributed by atoms with Crippen LogP contribution < -0.4 is 9.64 Å². The fourth-order valence-electron chi connectivity index (χ4n) is 4.10. The Morgan fingerprint density at radius 1 is 1.00 bits per heavy atom. The van der Waals surface area contributed by atoms with Gasteiger partial charge in [-0.15, -0.1) is 0 Å². The number of amides is 1. The maximum Gasteiger partial charge on any atom is 0.300 e. The second-order valence-corrected chi connectivity index (χ2v) is 8.76. The molecule has 1 atom stereocenters. The van der Waals surface area contributed by atoms with Gasteiger partial charge >= 0.3 is 0 Å². The van der Waals surface area contributed by atoms with Crippen LogP contribution in [0.25, 0.3) is 5.76 Å². The Labute approximate surface area is 209 Å². The topological polar surface area (TPSA) is 87.1 Å². The number of aliphatic hydroxyl groups excluding tert-OH is 1. The molecule has 1 aliphatic heterocycles. The molecule has 0 aliphatic carbocycles. The van der Waals surface area contributed by atoms with Gasteiger partial charge in [0.05, 0.1) is 18.2 Å². The largest absolute Gasteiger partial charge is 0.508 e. The minimum absolute atomic E-state index is 0.0442. The number of hydrogen-bond acceptors (Lipinski definition) is 5. The van der Waals surface area contributed by atoms with Crippen molar-refractivity contribution in [3.8, 4) is 11.5 Å². The average Bonchev–Trinajstić information content (AvgIpc) is 3.12. The molecule has 1 aliphatic rings. The zero-order chi connectivity index (χ0) is 24.9. The molecule has 0 radical (unpaired) electrons. The Hall–Kier alpha value is -3.77. The third kappa shape index (κ3) is 5.17. The normalized spacial score (nSPS) is 17.1. The Kier molecular flexibility index (Phi) is 7.42. The van der Waals surface area contributed by atoms with E-state index in [-0.39, 0.29) is 17.1 Å². The van der Waals surface area contributed by atoms with Crippen LogP contribution in [-0.2, 0) is 9.59 Å². The molecule has 1 heterocycles. The van der Waals surface area contributed by atoms with E-state index in [0.717, 1.165) is 19.3 Å². The van der Waals surface area contributed by atoms with Crippen molar-refractivity contribution in [2.75, 3.05) is 11.5 Å². The van der Waals surface area contributed by atoms with Crippen LogP contribution in [0.2, 0.25) is 5.02 Å². The number of carbonyl (C=O) groups is 2. The quantitative estimate of drug-likeness (QED) is 0.168. The van der Waals surface area contributed by atoms with E-state index in [1.54, 1.807) is 60.7 Å². The first kappa shape index (κ1) is 24.4. The Morgan fingerprint density at radius 3 is 2.37 bits per heavy atom. The van der Waals surface area contributed by atoms with Crippen molar-refractivity contribution in [3.63, 3.8) is 0 Å². The van der Waals surface area contributed by atoms with Crippen molar-refractivity contribution in [3.05, 3.63) is 94.5 Å². The standard InChI is InChI=1S/C28H26ClNO5/c1-2-3-4-16-35-23-14-10-19(11-15-23)26(32)24-25(18-8-12-22(31)13-9-18)30(28(34)27(24)33)21-7-5-6-20(29)17-21/h5-15,17,25,31-32H,2-4,16H2,1H3/b26-24+. The summed E-state index contributed by atoms with van der Waals surface area (Å²) in [4.78, 5) is 27.7. The highest BCUT2D eigenvalue weighted by Crippen LogP contribution is 2.43. The maximum atomic E-state index is 13.2. The van der Waals surface area contributed by atoms with Crippen LogP contribution in [0.15, 0.2) is 78.4 Å². The van der Waals surface area contributed by atoms with Crippen molar-refractivity contribution in [2.45, 2.75) is 32.2 Å². The molecule has 6 nitrogen and oxygen atoms in total. The number of ketones is 1. The number of hydrogen-bond donors (Lipinski definition) is 2.